The zero-order chi connectivity index (χ0) is 24.5. The van der Waals surface area contributed by atoms with E-state index >= 15 is 0 Å². The van der Waals surface area contributed by atoms with Crippen LogP contribution in [0.5, 0.6) is 0 Å². The molecule has 187 valence electrons. The number of benzene rings is 2. The Morgan fingerprint density at radius 2 is 1.43 bits per heavy atom. The van der Waals surface area contributed by atoms with Gasteiger partial charge in [0.2, 0.25) is 0 Å². The summed E-state index contributed by atoms with van der Waals surface area (Å²) >= 11 is -0.822. The first kappa shape index (κ1) is 30.5. The first-order valence-corrected chi connectivity index (χ1v) is 15.0. The van der Waals surface area contributed by atoms with E-state index in [-0.39, 0.29) is 35.6 Å². The summed E-state index contributed by atoms with van der Waals surface area (Å²) in [7, 11) is 0. The zero-order valence-electron chi connectivity index (χ0n) is 23.5. The van der Waals surface area contributed by atoms with Crippen molar-refractivity contribution in [3.8, 4) is 11.1 Å². The van der Waals surface area contributed by atoms with Gasteiger partial charge in [-0.3, -0.25) is 0 Å². The van der Waals surface area contributed by atoms with Crippen molar-refractivity contribution in [2.45, 2.75) is 99.8 Å². The van der Waals surface area contributed by atoms with E-state index in [1.54, 1.807) is 39.9 Å². The Bertz CT molecular complexity index is 1250. The molecule has 0 saturated carbocycles. The average Bonchev–Trinajstić information content (AvgIpc) is 3.32. The minimum atomic E-state index is -0.822. The normalized spacial score (nSPS) is 14.0. The smallest absolute Gasteiger partial charge is 1.00 e. The molecule has 0 radical (unpaired) electrons. The molecule has 0 spiro atoms. The van der Waals surface area contributed by atoms with E-state index in [1.807, 2.05) is 0 Å². The molecular weight excluding hydrogens is 546 g/mol. The van der Waals surface area contributed by atoms with E-state index in [1.165, 1.54) is 27.8 Å². The van der Waals surface area contributed by atoms with E-state index in [0.717, 1.165) is 12.8 Å². The van der Waals surface area contributed by atoms with E-state index in [4.69, 9.17) is 0 Å². The van der Waals surface area contributed by atoms with Crippen LogP contribution in [0.4, 0.5) is 0 Å². The van der Waals surface area contributed by atoms with E-state index in [2.05, 4.69) is 100 Å². The molecule has 0 unspecified atom stereocenters. The summed E-state index contributed by atoms with van der Waals surface area (Å²) in [5.74, 6) is 0. The molecule has 2 aromatic carbocycles. The number of fused-ring (bicyclic) bond motifs is 3. The van der Waals surface area contributed by atoms with Gasteiger partial charge in [-0.15, -0.1) is 0 Å². The van der Waals surface area contributed by atoms with Crippen LogP contribution in [0.3, 0.4) is 0 Å². The second kappa shape index (κ2) is 10.6. The number of allylic oxidation sites excluding steroid dienone is 4. The molecule has 0 heterocycles. The van der Waals surface area contributed by atoms with Crippen LogP contribution in [0.2, 0.25) is 0 Å². The van der Waals surface area contributed by atoms with Gasteiger partial charge in [-0.05, 0) is 0 Å². The van der Waals surface area contributed by atoms with Crippen LogP contribution in [-0.4, -0.2) is 3.21 Å². The third-order valence-corrected chi connectivity index (χ3v) is 10.7. The van der Waals surface area contributed by atoms with Gasteiger partial charge < -0.3 is 24.8 Å². The van der Waals surface area contributed by atoms with Gasteiger partial charge in [0.1, 0.15) is 0 Å². The Morgan fingerprint density at radius 1 is 0.800 bits per heavy atom. The summed E-state index contributed by atoms with van der Waals surface area (Å²) in [5.41, 5.74) is 17.4. The average molecular weight is 588 g/mol. The fourth-order valence-corrected chi connectivity index (χ4v) is 9.73. The molecule has 0 fully saturated rings. The van der Waals surface area contributed by atoms with Crippen molar-refractivity contribution in [3.63, 3.8) is 0 Å². The minimum Gasteiger partial charge on any atom is -1.00 e. The quantitative estimate of drug-likeness (QED) is 0.431. The second-order valence-electron chi connectivity index (χ2n) is 12.4. The van der Waals surface area contributed by atoms with Gasteiger partial charge in [0.15, 0.2) is 0 Å². The molecule has 2 aliphatic carbocycles. The fraction of sp³-hybridized carbons (Fsp3) is 0.469. The first-order chi connectivity index (χ1) is 15.2. The number of halogens is 2. The Balaban J connectivity index is 0.00000216. The Hall–Kier alpha value is -0.747. The molecule has 0 aliphatic heterocycles. The van der Waals surface area contributed by atoms with Gasteiger partial charge >= 0.3 is 215 Å². The van der Waals surface area contributed by atoms with Crippen LogP contribution >= 0.6 is 0 Å². The summed E-state index contributed by atoms with van der Waals surface area (Å²) < 4.78 is 3.43. The number of hydrogen-bond acceptors (Lipinski definition) is 0. The minimum absolute atomic E-state index is 0. The van der Waals surface area contributed by atoms with Gasteiger partial charge in [0.05, 0.1) is 0 Å². The molecule has 0 atom stereocenters. The maximum atomic E-state index is 2.56. The van der Waals surface area contributed by atoms with Gasteiger partial charge in [-0.2, -0.15) is 0 Å². The van der Waals surface area contributed by atoms with Crippen LogP contribution in [-0.2, 0) is 40.0 Å². The van der Waals surface area contributed by atoms with Crippen LogP contribution in [0.25, 0.3) is 16.7 Å². The Labute approximate surface area is 237 Å². The molecule has 0 saturated heterocycles. The number of hydrogen-bond donors (Lipinski definition) is 0. The summed E-state index contributed by atoms with van der Waals surface area (Å²) in [6.45, 7) is 26.3. The molecule has 4 rings (SSSR count). The van der Waals surface area contributed by atoms with Crippen molar-refractivity contribution in [2.24, 2.45) is 0 Å². The summed E-state index contributed by atoms with van der Waals surface area (Å²) in [6.07, 6.45) is 9.13. The molecule has 3 heteroatoms. The van der Waals surface area contributed by atoms with E-state index in [0.29, 0.717) is 0 Å². The zero-order valence-corrected chi connectivity index (χ0v) is 27.4. The largest absolute Gasteiger partial charge is 1.00 e. The number of rotatable bonds is 2. The standard InChI is InChI=1S/C29H35.C3H6.2ClH.Zr/c1-17-18(2)26-21(15-23(17)28(4,5)6)14-22-16-24(29(7,8)9)25(19(3)27(22)26)20-12-10-11-13-20;1-3-2;;;/h10-12,15H,13-14H2,1-9H3;1-2H3;2*1H;/q;;;;+2/p-2. The maximum Gasteiger partial charge on any atom is -1.00 e. The monoisotopic (exact) mass is 585 g/mol. The second-order valence-corrected chi connectivity index (χ2v) is 16.7. The molecule has 0 N–H and O–H groups in total. The summed E-state index contributed by atoms with van der Waals surface area (Å²) in [5, 5.41) is 0. The topological polar surface area (TPSA) is 0 Å². The first-order valence-electron chi connectivity index (χ1n) is 12.5. The Morgan fingerprint density at radius 3 is 1.91 bits per heavy atom. The molecule has 2 aliphatic rings. The molecule has 0 amide bonds. The van der Waals surface area contributed by atoms with Crippen LogP contribution in [0, 0.1) is 20.8 Å². The third kappa shape index (κ3) is 5.30. The van der Waals surface area contributed by atoms with Crippen molar-refractivity contribution in [2.75, 3.05) is 0 Å². The molecular formula is C32H41Cl2Zr. The predicted octanol–water partition coefficient (Wildman–Crippen LogP) is 2.05. The van der Waals surface area contributed by atoms with Crippen molar-refractivity contribution < 1.29 is 47.6 Å². The predicted molar refractivity (Wildman–Crippen MR) is 144 cm³/mol. The van der Waals surface area contributed by atoms with Gasteiger partial charge in [0.25, 0.3) is 0 Å². The summed E-state index contributed by atoms with van der Waals surface area (Å²) in [4.78, 5) is 0. The molecule has 2 aromatic rings. The van der Waals surface area contributed by atoms with Gasteiger partial charge in [-0.25, -0.2) is 0 Å². The van der Waals surface area contributed by atoms with Crippen LogP contribution in [0.15, 0.2) is 24.3 Å². The van der Waals surface area contributed by atoms with Gasteiger partial charge in [0, 0.05) is 0 Å². The molecule has 35 heavy (non-hydrogen) atoms. The van der Waals surface area contributed by atoms with Gasteiger partial charge in [-0.1, -0.05) is 0 Å². The molecule has 0 bridgehead atoms. The SMILES string of the molecule is C[C](C)=[Zr+2][c]1c2c(c(C)c(C3=CC=CC3)c1C(C)(C)C)-c1c(cc(C(C)(C)C)c(C)c1C)C2.[Cl-].[Cl-]. The summed E-state index contributed by atoms with van der Waals surface area (Å²) in [6, 6.07) is 2.56. The molecule has 0 aromatic heterocycles. The van der Waals surface area contributed by atoms with E-state index in [9.17, 15) is 0 Å². The van der Waals surface area contributed by atoms with Crippen LogP contribution in [0.1, 0.15) is 106 Å². The fourth-order valence-electron chi connectivity index (χ4n) is 6.07. The van der Waals surface area contributed by atoms with Crippen molar-refractivity contribution in [3.05, 3.63) is 68.8 Å². The van der Waals surface area contributed by atoms with Crippen molar-refractivity contribution in [1.82, 2.24) is 0 Å². The maximum absolute atomic E-state index is 2.56. The van der Waals surface area contributed by atoms with Crippen LogP contribution < -0.4 is 28.1 Å². The van der Waals surface area contributed by atoms with Crippen molar-refractivity contribution >= 4 is 12.1 Å². The van der Waals surface area contributed by atoms with Crippen molar-refractivity contribution in [1.29, 1.82) is 0 Å². The molecule has 0 nitrogen and oxygen atoms in total. The van der Waals surface area contributed by atoms with E-state index < -0.39 is 22.8 Å². The third-order valence-electron chi connectivity index (χ3n) is 7.48. The Kier molecular flexibility index (Phi) is 9.19.